The second-order valence-electron chi connectivity index (χ2n) is 8.15. The van der Waals surface area contributed by atoms with E-state index in [1.165, 1.54) is 0 Å². The summed E-state index contributed by atoms with van der Waals surface area (Å²) in [5, 5.41) is 12.5. The van der Waals surface area contributed by atoms with Crippen molar-refractivity contribution in [2.45, 2.75) is 19.9 Å². The standard InChI is InChI=1S/C26H20ClN5O2/c1-15-6-18-7-16(8-19(14-33)25(18)29-12-15)9-21-10-17(4-5-28-21)26(34)30-13-24-22-11-20(27)2-3-23(22)31-32-24/h2-8,10-12,14H,9,13H2,1H3,(H,30,34)(H,31,32). The molecule has 8 heteroatoms. The van der Waals surface area contributed by atoms with Gasteiger partial charge in [0.2, 0.25) is 0 Å². The van der Waals surface area contributed by atoms with E-state index in [1.807, 2.05) is 37.3 Å². The molecule has 2 N–H and O–H groups in total. The van der Waals surface area contributed by atoms with Crippen LogP contribution >= 0.6 is 11.6 Å². The lowest BCUT2D eigenvalue weighted by Gasteiger charge is -2.09. The third-order valence-electron chi connectivity index (χ3n) is 5.62. The molecule has 34 heavy (non-hydrogen) atoms. The van der Waals surface area contributed by atoms with E-state index in [9.17, 15) is 9.59 Å². The minimum Gasteiger partial charge on any atom is -0.346 e. The molecule has 0 atom stereocenters. The third-order valence-corrected chi connectivity index (χ3v) is 5.86. The van der Waals surface area contributed by atoms with E-state index in [0.717, 1.165) is 45.1 Å². The van der Waals surface area contributed by atoms with Gasteiger partial charge in [-0.3, -0.25) is 24.7 Å². The summed E-state index contributed by atoms with van der Waals surface area (Å²) in [6.07, 6.45) is 4.66. The van der Waals surface area contributed by atoms with E-state index in [4.69, 9.17) is 11.6 Å². The number of aldehydes is 1. The van der Waals surface area contributed by atoms with Gasteiger partial charge in [-0.2, -0.15) is 5.10 Å². The molecule has 3 heterocycles. The Hall–Kier alpha value is -4.10. The van der Waals surface area contributed by atoms with Crippen molar-refractivity contribution in [1.29, 1.82) is 0 Å². The number of pyridine rings is 2. The monoisotopic (exact) mass is 469 g/mol. The molecule has 0 aliphatic heterocycles. The number of aromatic nitrogens is 4. The van der Waals surface area contributed by atoms with E-state index in [2.05, 4.69) is 25.5 Å². The van der Waals surface area contributed by atoms with Gasteiger partial charge in [0, 0.05) is 51.4 Å². The number of aromatic amines is 1. The Labute approximate surface area is 200 Å². The van der Waals surface area contributed by atoms with Gasteiger partial charge >= 0.3 is 0 Å². The van der Waals surface area contributed by atoms with Crippen LogP contribution in [-0.4, -0.2) is 32.4 Å². The number of aryl methyl sites for hydroxylation is 1. The largest absolute Gasteiger partial charge is 0.346 e. The van der Waals surface area contributed by atoms with Crippen molar-refractivity contribution in [3.8, 4) is 0 Å². The fraction of sp³-hybridized carbons (Fsp3) is 0.115. The number of carbonyl (C=O) groups excluding carboxylic acids is 2. The molecular weight excluding hydrogens is 450 g/mol. The number of amides is 1. The molecule has 0 radical (unpaired) electrons. The Morgan fingerprint density at radius 1 is 1.12 bits per heavy atom. The number of halogens is 1. The van der Waals surface area contributed by atoms with Crippen LogP contribution in [0.3, 0.4) is 0 Å². The Balaban J connectivity index is 1.34. The number of nitrogens with zero attached hydrogens (tertiary/aromatic N) is 3. The van der Waals surface area contributed by atoms with Crippen molar-refractivity contribution in [1.82, 2.24) is 25.5 Å². The van der Waals surface area contributed by atoms with Gasteiger partial charge in [0.1, 0.15) is 0 Å². The number of carbonyl (C=O) groups is 2. The van der Waals surface area contributed by atoms with E-state index in [0.29, 0.717) is 28.1 Å². The number of fused-ring (bicyclic) bond motifs is 2. The molecule has 3 aromatic heterocycles. The SMILES string of the molecule is Cc1cnc2c(C=O)cc(Cc3cc(C(=O)NCc4[nH]nc5ccc(Cl)cc45)ccn3)cc2c1. The van der Waals surface area contributed by atoms with Crippen molar-refractivity contribution >= 4 is 45.6 Å². The summed E-state index contributed by atoms with van der Waals surface area (Å²) in [7, 11) is 0. The molecule has 168 valence electrons. The van der Waals surface area contributed by atoms with Crippen LogP contribution in [-0.2, 0) is 13.0 Å². The zero-order chi connectivity index (χ0) is 23.7. The lowest BCUT2D eigenvalue weighted by molar-refractivity contribution is 0.0950. The fourth-order valence-corrected chi connectivity index (χ4v) is 4.18. The second kappa shape index (κ2) is 9.03. The lowest BCUT2D eigenvalue weighted by atomic mass is 10.0. The van der Waals surface area contributed by atoms with Crippen LogP contribution < -0.4 is 5.32 Å². The molecule has 0 aliphatic rings. The lowest BCUT2D eigenvalue weighted by Crippen LogP contribution is -2.23. The van der Waals surface area contributed by atoms with Gasteiger partial charge in [0.05, 0.1) is 23.3 Å². The molecule has 0 spiro atoms. The molecule has 2 aromatic carbocycles. The summed E-state index contributed by atoms with van der Waals surface area (Å²) < 4.78 is 0. The number of H-pyrrole nitrogens is 1. The van der Waals surface area contributed by atoms with Crippen LogP contribution in [0.5, 0.6) is 0 Å². The molecule has 5 aromatic rings. The van der Waals surface area contributed by atoms with Gasteiger partial charge in [0.25, 0.3) is 5.91 Å². The average Bonchev–Trinajstić information content (AvgIpc) is 3.23. The quantitative estimate of drug-likeness (QED) is 0.348. The van der Waals surface area contributed by atoms with Crippen LogP contribution in [0.25, 0.3) is 21.8 Å². The highest BCUT2D eigenvalue weighted by Gasteiger charge is 2.12. The molecule has 0 saturated heterocycles. The predicted octanol–water partition coefficient (Wildman–Crippen LogP) is 4.80. The topological polar surface area (TPSA) is 101 Å². The van der Waals surface area contributed by atoms with E-state index >= 15 is 0 Å². The van der Waals surface area contributed by atoms with Gasteiger partial charge in [-0.05, 0) is 66.6 Å². The predicted molar refractivity (Wildman–Crippen MR) is 131 cm³/mol. The summed E-state index contributed by atoms with van der Waals surface area (Å²) in [5.41, 5.74) is 5.95. The van der Waals surface area contributed by atoms with Crippen molar-refractivity contribution in [2.75, 3.05) is 0 Å². The van der Waals surface area contributed by atoms with Crippen molar-refractivity contribution in [2.24, 2.45) is 0 Å². The maximum atomic E-state index is 12.8. The highest BCUT2D eigenvalue weighted by molar-refractivity contribution is 6.31. The summed E-state index contributed by atoms with van der Waals surface area (Å²) in [6, 6.07) is 14.7. The van der Waals surface area contributed by atoms with Gasteiger partial charge in [-0.25, -0.2) is 0 Å². The van der Waals surface area contributed by atoms with Crippen LogP contribution in [0.1, 0.15) is 43.2 Å². The maximum absolute atomic E-state index is 12.8. The number of benzene rings is 2. The summed E-state index contributed by atoms with van der Waals surface area (Å²) in [6.45, 7) is 2.25. The Bertz CT molecular complexity index is 1560. The molecule has 0 bridgehead atoms. The Kier molecular flexibility index (Phi) is 5.77. The first-order valence-electron chi connectivity index (χ1n) is 10.7. The highest BCUT2D eigenvalue weighted by Crippen LogP contribution is 2.22. The van der Waals surface area contributed by atoms with Crippen LogP contribution in [0.2, 0.25) is 5.02 Å². The third kappa shape index (κ3) is 4.38. The minimum atomic E-state index is -0.222. The van der Waals surface area contributed by atoms with E-state index < -0.39 is 0 Å². The summed E-state index contributed by atoms with van der Waals surface area (Å²) in [4.78, 5) is 33.2. The van der Waals surface area contributed by atoms with Crippen LogP contribution in [0.15, 0.2) is 60.9 Å². The Morgan fingerprint density at radius 2 is 2.00 bits per heavy atom. The van der Waals surface area contributed by atoms with Gasteiger partial charge in [0.15, 0.2) is 6.29 Å². The molecule has 7 nitrogen and oxygen atoms in total. The number of hydrogen-bond donors (Lipinski definition) is 2. The van der Waals surface area contributed by atoms with Gasteiger partial charge < -0.3 is 5.32 Å². The molecular formula is C26H20ClN5O2. The first-order chi connectivity index (χ1) is 16.5. The molecule has 0 unspecified atom stereocenters. The van der Waals surface area contributed by atoms with Gasteiger partial charge in [-0.15, -0.1) is 0 Å². The van der Waals surface area contributed by atoms with Crippen molar-refractivity contribution < 1.29 is 9.59 Å². The first-order valence-corrected chi connectivity index (χ1v) is 11.1. The number of hydrogen-bond acceptors (Lipinski definition) is 5. The molecule has 0 aliphatic carbocycles. The van der Waals surface area contributed by atoms with E-state index in [1.54, 1.807) is 30.6 Å². The number of rotatable bonds is 6. The van der Waals surface area contributed by atoms with Gasteiger partial charge in [-0.1, -0.05) is 11.6 Å². The normalized spacial score (nSPS) is 11.1. The fourth-order valence-electron chi connectivity index (χ4n) is 4.01. The molecule has 0 saturated carbocycles. The zero-order valence-electron chi connectivity index (χ0n) is 18.3. The Morgan fingerprint density at radius 3 is 2.85 bits per heavy atom. The molecule has 0 fully saturated rings. The summed E-state index contributed by atoms with van der Waals surface area (Å²) >= 11 is 6.09. The van der Waals surface area contributed by atoms with Crippen LogP contribution in [0, 0.1) is 6.92 Å². The maximum Gasteiger partial charge on any atom is 0.251 e. The summed E-state index contributed by atoms with van der Waals surface area (Å²) in [5.74, 6) is -0.222. The zero-order valence-corrected chi connectivity index (χ0v) is 19.1. The smallest absolute Gasteiger partial charge is 0.251 e. The van der Waals surface area contributed by atoms with Crippen molar-refractivity contribution in [3.05, 3.63) is 99.6 Å². The molecule has 5 rings (SSSR count). The van der Waals surface area contributed by atoms with Crippen molar-refractivity contribution in [3.63, 3.8) is 0 Å². The molecule has 1 amide bonds. The average molecular weight is 470 g/mol. The van der Waals surface area contributed by atoms with Crippen LogP contribution in [0.4, 0.5) is 0 Å². The highest BCUT2D eigenvalue weighted by atomic mass is 35.5. The minimum absolute atomic E-state index is 0.222. The second-order valence-corrected chi connectivity index (χ2v) is 8.58. The number of nitrogens with one attached hydrogen (secondary N) is 2. The first kappa shape index (κ1) is 21.7. The van der Waals surface area contributed by atoms with E-state index in [-0.39, 0.29) is 12.5 Å².